The predicted octanol–water partition coefficient (Wildman–Crippen LogP) is 2.89. The fraction of sp³-hybridized carbons (Fsp3) is 0.688. The summed E-state index contributed by atoms with van der Waals surface area (Å²) in [7, 11) is 1.34. The topological polar surface area (TPSA) is 64.1 Å². The summed E-state index contributed by atoms with van der Waals surface area (Å²) in [6.45, 7) is 7.06. The van der Waals surface area contributed by atoms with Gasteiger partial charge in [0.2, 0.25) is 0 Å². The number of nitrogens with zero attached hydrogens (tertiary/aromatic N) is 2. The fourth-order valence-electron chi connectivity index (χ4n) is 4.42. The van der Waals surface area contributed by atoms with Crippen molar-refractivity contribution in [1.29, 1.82) is 0 Å². The first-order valence-electron chi connectivity index (χ1n) is 7.54. The molecule has 0 amide bonds. The summed E-state index contributed by atoms with van der Waals surface area (Å²) < 4.78 is 4.64. The Bertz CT molecular complexity index is 550. The van der Waals surface area contributed by atoms with Crippen molar-refractivity contribution in [1.82, 2.24) is 9.97 Å². The van der Waals surface area contributed by atoms with Crippen molar-refractivity contribution >= 4 is 11.8 Å². The van der Waals surface area contributed by atoms with Crippen molar-refractivity contribution in [3.05, 3.63) is 18.1 Å². The SMILES string of the molecule is COC(=O)c1cnc(NC2C3(C)CCC(C3)C2(C)C)cn1. The maximum Gasteiger partial charge on any atom is 0.358 e. The molecule has 1 heterocycles. The van der Waals surface area contributed by atoms with E-state index in [1.54, 1.807) is 6.20 Å². The molecule has 3 atom stereocenters. The molecule has 1 N–H and O–H groups in total. The van der Waals surface area contributed by atoms with Crippen molar-refractivity contribution < 1.29 is 9.53 Å². The molecular weight excluding hydrogens is 266 g/mol. The summed E-state index contributed by atoms with van der Waals surface area (Å²) in [5.41, 5.74) is 0.827. The number of esters is 1. The van der Waals surface area contributed by atoms with Gasteiger partial charge in [-0.2, -0.15) is 0 Å². The Morgan fingerprint density at radius 2 is 2.10 bits per heavy atom. The lowest BCUT2D eigenvalue weighted by molar-refractivity contribution is 0.0593. The van der Waals surface area contributed by atoms with Gasteiger partial charge in [0.05, 0.1) is 19.5 Å². The molecule has 21 heavy (non-hydrogen) atoms. The minimum Gasteiger partial charge on any atom is -0.464 e. The number of methoxy groups -OCH3 is 1. The van der Waals surface area contributed by atoms with Gasteiger partial charge in [-0.15, -0.1) is 0 Å². The van der Waals surface area contributed by atoms with E-state index in [9.17, 15) is 4.79 Å². The number of carbonyl (C=O) groups is 1. The Labute approximate surface area is 125 Å². The monoisotopic (exact) mass is 289 g/mol. The highest BCUT2D eigenvalue weighted by atomic mass is 16.5. The molecule has 2 aliphatic carbocycles. The Hall–Kier alpha value is -1.65. The van der Waals surface area contributed by atoms with Gasteiger partial charge in [-0.3, -0.25) is 0 Å². The number of hydrogen-bond donors (Lipinski definition) is 1. The first-order chi connectivity index (χ1) is 9.87. The molecule has 2 saturated carbocycles. The summed E-state index contributed by atoms with van der Waals surface area (Å²) in [6, 6.07) is 0.391. The molecule has 3 rings (SSSR count). The van der Waals surface area contributed by atoms with Crippen LogP contribution in [0.3, 0.4) is 0 Å². The molecule has 5 nitrogen and oxygen atoms in total. The third-order valence-corrected chi connectivity index (χ3v) is 5.61. The van der Waals surface area contributed by atoms with E-state index in [4.69, 9.17) is 0 Å². The largest absolute Gasteiger partial charge is 0.464 e. The molecule has 2 bridgehead atoms. The second-order valence-corrected chi connectivity index (χ2v) is 7.27. The zero-order valence-electron chi connectivity index (χ0n) is 13.1. The molecule has 114 valence electrons. The molecule has 0 radical (unpaired) electrons. The first-order valence-corrected chi connectivity index (χ1v) is 7.54. The lowest BCUT2D eigenvalue weighted by Crippen LogP contribution is -2.46. The van der Waals surface area contributed by atoms with Crippen LogP contribution in [-0.4, -0.2) is 29.1 Å². The summed E-state index contributed by atoms with van der Waals surface area (Å²) in [6.07, 6.45) is 6.97. The molecule has 0 aromatic carbocycles. The highest BCUT2D eigenvalue weighted by molar-refractivity contribution is 5.86. The molecule has 0 spiro atoms. The van der Waals surface area contributed by atoms with E-state index in [1.807, 2.05) is 0 Å². The third-order valence-electron chi connectivity index (χ3n) is 5.61. The molecule has 2 aliphatic rings. The van der Waals surface area contributed by atoms with E-state index in [-0.39, 0.29) is 11.1 Å². The normalized spacial score (nSPS) is 33.0. The molecule has 0 saturated heterocycles. The van der Waals surface area contributed by atoms with Gasteiger partial charge in [0, 0.05) is 6.04 Å². The summed E-state index contributed by atoms with van der Waals surface area (Å²) in [5.74, 6) is 1.05. The molecular formula is C16H23N3O2. The Kier molecular flexibility index (Phi) is 3.19. The van der Waals surface area contributed by atoms with Gasteiger partial charge < -0.3 is 10.1 Å². The van der Waals surface area contributed by atoms with Gasteiger partial charge in [0.15, 0.2) is 5.69 Å². The summed E-state index contributed by atoms with van der Waals surface area (Å²) in [5, 5.41) is 3.56. The molecule has 5 heteroatoms. The molecule has 2 fully saturated rings. The van der Waals surface area contributed by atoms with E-state index < -0.39 is 5.97 Å². The summed E-state index contributed by atoms with van der Waals surface area (Å²) in [4.78, 5) is 19.8. The lowest BCUT2D eigenvalue weighted by atomic mass is 9.68. The van der Waals surface area contributed by atoms with Crippen LogP contribution in [0.1, 0.15) is 50.5 Å². The van der Waals surface area contributed by atoms with Gasteiger partial charge in [-0.05, 0) is 36.0 Å². The van der Waals surface area contributed by atoms with Crippen LogP contribution in [0.2, 0.25) is 0 Å². The fourth-order valence-corrected chi connectivity index (χ4v) is 4.42. The minimum atomic E-state index is -0.457. The Morgan fingerprint density at radius 3 is 2.62 bits per heavy atom. The highest BCUT2D eigenvalue weighted by Gasteiger charge is 2.59. The van der Waals surface area contributed by atoms with Crippen molar-refractivity contribution in [3.8, 4) is 0 Å². The van der Waals surface area contributed by atoms with E-state index in [0.717, 1.165) is 11.7 Å². The van der Waals surface area contributed by atoms with Crippen LogP contribution in [0.4, 0.5) is 5.82 Å². The van der Waals surface area contributed by atoms with E-state index >= 15 is 0 Å². The minimum absolute atomic E-state index is 0.237. The van der Waals surface area contributed by atoms with E-state index in [0.29, 0.717) is 11.5 Å². The molecule has 1 aromatic heterocycles. The van der Waals surface area contributed by atoms with Crippen molar-refractivity contribution in [3.63, 3.8) is 0 Å². The zero-order chi connectivity index (χ0) is 15.3. The number of nitrogens with one attached hydrogen (secondary N) is 1. The number of fused-ring (bicyclic) bond motifs is 2. The van der Waals surface area contributed by atoms with Crippen LogP contribution in [0, 0.1) is 16.7 Å². The van der Waals surface area contributed by atoms with Gasteiger partial charge in [-0.1, -0.05) is 20.8 Å². The van der Waals surface area contributed by atoms with Gasteiger partial charge in [0.1, 0.15) is 5.82 Å². The van der Waals surface area contributed by atoms with Gasteiger partial charge >= 0.3 is 5.97 Å². The smallest absolute Gasteiger partial charge is 0.358 e. The number of ether oxygens (including phenoxy) is 1. The Balaban J connectivity index is 1.79. The zero-order valence-corrected chi connectivity index (χ0v) is 13.1. The highest BCUT2D eigenvalue weighted by Crippen LogP contribution is 2.62. The maximum atomic E-state index is 11.4. The Morgan fingerprint density at radius 1 is 1.33 bits per heavy atom. The summed E-state index contributed by atoms with van der Waals surface area (Å²) >= 11 is 0. The second-order valence-electron chi connectivity index (χ2n) is 7.27. The average molecular weight is 289 g/mol. The number of carbonyl (C=O) groups excluding carboxylic acids is 1. The lowest BCUT2D eigenvalue weighted by Gasteiger charge is -2.43. The van der Waals surface area contributed by atoms with Gasteiger partial charge in [-0.25, -0.2) is 14.8 Å². The van der Waals surface area contributed by atoms with Crippen LogP contribution in [0.15, 0.2) is 12.4 Å². The van der Waals surface area contributed by atoms with E-state index in [2.05, 4.69) is 40.8 Å². The molecule has 0 aliphatic heterocycles. The van der Waals surface area contributed by atoms with Crippen LogP contribution in [0.25, 0.3) is 0 Å². The van der Waals surface area contributed by atoms with Crippen molar-refractivity contribution in [2.24, 2.45) is 16.7 Å². The van der Waals surface area contributed by atoms with Crippen LogP contribution < -0.4 is 5.32 Å². The quantitative estimate of drug-likeness (QED) is 0.867. The second kappa shape index (κ2) is 4.68. The third kappa shape index (κ3) is 2.19. The number of rotatable bonds is 3. The standard InChI is InChI=1S/C16H23N3O2/c1-15(2)10-5-6-16(3,7-10)14(15)19-12-9-17-11(8-18-12)13(20)21-4/h8-10,14H,5-7H2,1-4H3,(H,18,19). The number of anilines is 1. The van der Waals surface area contributed by atoms with Crippen LogP contribution in [-0.2, 0) is 4.74 Å². The first kappa shape index (κ1) is 14.3. The van der Waals surface area contributed by atoms with E-state index in [1.165, 1.54) is 32.6 Å². The van der Waals surface area contributed by atoms with Crippen molar-refractivity contribution in [2.75, 3.05) is 12.4 Å². The van der Waals surface area contributed by atoms with Crippen LogP contribution >= 0.6 is 0 Å². The predicted molar refractivity (Wildman–Crippen MR) is 80.0 cm³/mol. The molecule has 3 unspecified atom stereocenters. The van der Waals surface area contributed by atoms with Crippen molar-refractivity contribution in [2.45, 2.75) is 46.1 Å². The maximum absolute atomic E-state index is 11.4. The van der Waals surface area contributed by atoms with Gasteiger partial charge in [0.25, 0.3) is 0 Å². The average Bonchev–Trinajstić information content (AvgIpc) is 2.94. The van der Waals surface area contributed by atoms with Crippen LogP contribution in [0.5, 0.6) is 0 Å². The molecule has 1 aromatic rings. The number of hydrogen-bond acceptors (Lipinski definition) is 5. The number of aromatic nitrogens is 2.